The number of fused-ring (bicyclic) bond motifs is 1. The monoisotopic (exact) mass is 468 g/mol. The lowest BCUT2D eigenvalue weighted by Gasteiger charge is -2.27. The fraction of sp³-hybridized carbons (Fsp3) is 0.240. The van der Waals surface area contributed by atoms with Gasteiger partial charge in [0.15, 0.2) is 0 Å². The third-order valence-electron chi connectivity index (χ3n) is 5.68. The van der Waals surface area contributed by atoms with Crippen molar-refractivity contribution in [1.82, 2.24) is 4.31 Å². The zero-order valence-corrected chi connectivity index (χ0v) is 19.6. The van der Waals surface area contributed by atoms with Crippen LogP contribution in [0.5, 0.6) is 0 Å². The smallest absolute Gasteiger partial charge is 0.243 e. The summed E-state index contributed by atoms with van der Waals surface area (Å²) in [5.41, 5.74) is 3.80. The van der Waals surface area contributed by atoms with Crippen molar-refractivity contribution in [3.8, 4) is 0 Å². The SMILES string of the molecule is Cc1cccc(CN(CC(=O)N2c3ccccc3C[C@@H]2C)S(=O)(=O)c2ccc(Cl)cc2)c1. The van der Waals surface area contributed by atoms with Gasteiger partial charge in [0, 0.05) is 23.3 Å². The van der Waals surface area contributed by atoms with E-state index < -0.39 is 10.0 Å². The first-order chi connectivity index (χ1) is 15.3. The highest BCUT2D eigenvalue weighted by Crippen LogP contribution is 2.32. The molecule has 32 heavy (non-hydrogen) atoms. The molecule has 0 bridgehead atoms. The molecular weight excluding hydrogens is 444 g/mol. The highest BCUT2D eigenvalue weighted by Gasteiger charge is 2.34. The molecule has 0 unspecified atom stereocenters. The second kappa shape index (κ2) is 9.06. The molecule has 1 aliphatic rings. The Labute approximate surface area is 194 Å². The zero-order valence-electron chi connectivity index (χ0n) is 18.0. The highest BCUT2D eigenvalue weighted by molar-refractivity contribution is 7.89. The van der Waals surface area contributed by atoms with Gasteiger partial charge in [-0.05, 0) is 61.7 Å². The summed E-state index contributed by atoms with van der Waals surface area (Å²) in [4.78, 5) is 15.2. The van der Waals surface area contributed by atoms with Gasteiger partial charge >= 0.3 is 0 Å². The van der Waals surface area contributed by atoms with E-state index >= 15 is 0 Å². The predicted molar refractivity (Wildman–Crippen MR) is 127 cm³/mol. The van der Waals surface area contributed by atoms with Crippen LogP contribution in [-0.2, 0) is 27.8 Å². The van der Waals surface area contributed by atoms with E-state index in [-0.39, 0.29) is 29.9 Å². The second-order valence-corrected chi connectivity index (χ2v) is 10.5. The van der Waals surface area contributed by atoms with Crippen molar-refractivity contribution in [2.45, 2.75) is 37.8 Å². The number of halogens is 1. The first-order valence-electron chi connectivity index (χ1n) is 10.5. The molecule has 4 rings (SSSR count). The van der Waals surface area contributed by atoms with Gasteiger partial charge in [0.25, 0.3) is 0 Å². The number of nitrogens with zero attached hydrogens (tertiary/aromatic N) is 2. The number of rotatable bonds is 6. The van der Waals surface area contributed by atoms with E-state index in [9.17, 15) is 13.2 Å². The van der Waals surface area contributed by atoms with Gasteiger partial charge in [0.05, 0.1) is 11.4 Å². The number of carbonyl (C=O) groups is 1. The lowest BCUT2D eigenvalue weighted by Crippen LogP contribution is -2.44. The number of aryl methyl sites for hydroxylation is 1. The molecule has 0 spiro atoms. The molecule has 1 atom stereocenters. The van der Waals surface area contributed by atoms with E-state index in [1.165, 1.54) is 16.4 Å². The lowest BCUT2D eigenvalue weighted by atomic mass is 10.1. The van der Waals surface area contributed by atoms with E-state index in [1.54, 1.807) is 17.0 Å². The van der Waals surface area contributed by atoms with Crippen LogP contribution in [-0.4, -0.2) is 31.2 Å². The molecule has 7 heteroatoms. The standard InChI is InChI=1S/C25H25ClN2O3S/c1-18-6-5-7-20(14-18)16-27(32(30,31)23-12-10-22(26)11-13-23)17-25(29)28-19(2)15-21-8-3-4-9-24(21)28/h3-14,19H,15-17H2,1-2H3/t19-/m0/s1. The van der Waals surface area contributed by atoms with E-state index in [0.29, 0.717) is 5.02 Å². The summed E-state index contributed by atoms with van der Waals surface area (Å²) in [6, 6.07) is 21.4. The van der Waals surface area contributed by atoms with Crippen molar-refractivity contribution in [2.24, 2.45) is 0 Å². The molecule has 3 aromatic rings. The molecule has 0 radical (unpaired) electrons. The Kier molecular flexibility index (Phi) is 6.38. The van der Waals surface area contributed by atoms with Gasteiger partial charge in [0.2, 0.25) is 15.9 Å². The van der Waals surface area contributed by atoms with Crippen molar-refractivity contribution >= 4 is 33.2 Å². The quantitative estimate of drug-likeness (QED) is 0.521. The van der Waals surface area contributed by atoms with Crippen molar-refractivity contribution in [3.05, 3.63) is 94.5 Å². The maximum atomic E-state index is 13.5. The largest absolute Gasteiger partial charge is 0.308 e. The molecule has 0 saturated heterocycles. The Bertz CT molecular complexity index is 1240. The van der Waals surface area contributed by atoms with E-state index in [4.69, 9.17) is 11.6 Å². The normalized spacial score (nSPS) is 15.8. The van der Waals surface area contributed by atoms with Gasteiger partial charge in [-0.3, -0.25) is 4.79 Å². The third-order valence-corrected chi connectivity index (χ3v) is 7.74. The summed E-state index contributed by atoms with van der Waals surface area (Å²) in [6.45, 7) is 3.78. The van der Waals surface area contributed by atoms with Crippen LogP contribution in [0.1, 0.15) is 23.6 Å². The first kappa shape index (κ1) is 22.5. The van der Waals surface area contributed by atoms with Crippen LogP contribution >= 0.6 is 11.6 Å². The van der Waals surface area contributed by atoms with Gasteiger partial charge in [-0.25, -0.2) is 8.42 Å². The number of carbonyl (C=O) groups excluding carboxylic acids is 1. The molecular formula is C25H25ClN2O3S. The average molecular weight is 469 g/mol. The molecule has 166 valence electrons. The van der Waals surface area contributed by atoms with Crippen molar-refractivity contribution in [2.75, 3.05) is 11.4 Å². The van der Waals surface area contributed by atoms with E-state index in [1.807, 2.05) is 62.4 Å². The number of benzene rings is 3. The van der Waals surface area contributed by atoms with Gasteiger partial charge < -0.3 is 4.90 Å². The lowest BCUT2D eigenvalue weighted by molar-refractivity contribution is -0.119. The minimum Gasteiger partial charge on any atom is -0.308 e. The Morgan fingerprint density at radius 1 is 1.06 bits per heavy atom. The van der Waals surface area contributed by atoms with Crippen LogP contribution in [0.25, 0.3) is 0 Å². The fourth-order valence-corrected chi connectivity index (χ4v) is 5.67. The summed E-state index contributed by atoms with van der Waals surface area (Å²) in [5, 5.41) is 0.452. The Morgan fingerprint density at radius 3 is 2.50 bits per heavy atom. The molecule has 1 heterocycles. The molecule has 0 aliphatic carbocycles. The Hall–Kier alpha value is -2.67. The van der Waals surface area contributed by atoms with Crippen molar-refractivity contribution < 1.29 is 13.2 Å². The Morgan fingerprint density at radius 2 is 1.78 bits per heavy atom. The summed E-state index contributed by atoms with van der Waals surface area (Å²) in [6.07, 6.45) is 0.754. The fourth-order valence-electron chi connectivity index (χ4n) is 4.17. The molecule has 0 saturated carbocycles. The second-order valence-electron chi connectivity index (χ2n) is 8.16. The molecule has 1 aliphatic heterocycles. The number of sulfonamides is 1. The average Bonchev–Trinajstić information content (AvgIpc) is 3.09. The van der Waals surface area contributed by atoms with Crippen LogP contribution in [0.3, 0.4) is 0 Å². The van der Waals surface area contributed by atoms with Crippen molar-refractivity contribution in [1.29, 1.82) is 0 Å². The minimum absolute atomic E-state index is 0.0287. The summed E-state index contributed by atoms with van der Waals surface area (Å²) >= 11 is 5.95. The predicted octanol–water partition coefficient (Wildman–Crippen LogP) is 4.82. The van der Waals surface area contributed by atoms with Gasteiger partial charge in [-0.15, -0.1) is 0 Å². The van der Waals surface area contributed by atoms with Gasteiger partial charge in [-0.1, -0.05) is 59.6 Å². The highest BCUT2D eigenvalue weighted by atomic mass is 35.5. The van der Waals surface area contributed by atoms with Crippen LogP contribution in [0.2, 0.25) is 5.02 Å². The summed E-state index contributed by atoms with van der Waals surface area (Å²) in [5.74, 6) is -0.243. The van der Waals surface area contributed by atoms with Crippen LogP contribution in [0.4, 0.5) is 5.69 Å². The van der Waals surface area contributed by atoms with Crippen LogP contribution < -0.4 is 4.90 Å². The Balaban J connectivity index is 1.68. The number of anilines is 1. The zero-order chi connectivity index (χ0) is 22.9. The first-order valence-corrected chi connectivity index (χ1v) is 12.3. The number of hydrogen-bond donors (Lipinski definition) is 0. The summed E-state index contributed by atoms with van der Waals surface area (Å²) in [7, 11) is -3.92. The minimum atomic E-state index is -3.92. The molecule has 0 N–H and O–H groups in total. The van der Waals surface area contributed by atoms with Gasteiger partial charge in [0.1, 0.15) is 0 Å². The molecule has 0 fully saturated rings. The molecule has 5 nitrogen and oxygen atoms in total. The molecule has 3 aromatic carbocycles. The van der Waals surface area contributed by atoms with Crippen LogP contribution in [0.15, 0.2) is 77.7 Å². The number of para-hydroxylation sites is 1. The summed E-state index contributed by atoms with van der Waals surface area (Å²) < 4.78 is 28.3. The van der Waals surface area contributed by atoms with E-state index in [2.05, 4.69) is 0 Å². The maximum absolute atomic E-state index is 13.5. The number of amides is 1. The van der Waals surface area contributed by atoms with Crippen molar-refractivity contribution in [3.63, 3.8) is 0 Å². The van der Waals surface area contributed by atoms with Crippen LogP contribution in [0, 0.1) is 6.92 Å². The molecule has 0 aromatic heterocycles. The van der Waals surface area contributed by atoms with E-state index in [0.717, 1.165) is 28.8 Å². The van der Waals surface area contributed by atoms with Gasteiger partial charge in [-0.2, -0.15) is 4.31 Å². The molecule has 1 amide bonds. The number of hydrogen-bond acceptors (Lipinski definition) is 3. The third kappa shape index (κ3) is 4.58. The maximum Gasteiger partial charge on any atom is 0.243 e. The topological polar surface area (TPSA) is 57.7 Å².